The molecule has 0 aliphatic carbocycles. The number of halogens is 1. The first-order chi connectivity index (χ1) is 11.2. The van der Waals surface area contributed by atoms with Gasteiger partial charge in [0.25, 0.3) is 0 Å². The van der Waals surface area contributed by atoms with Crippen LogP contribution >= 0.6 is 11.6 Å². The third-order valence-electron chi connectivity index (χ3n) is 4.39. The summed E-state index contributed by atoms with van der Waals surface area (Å²) in [6.45, 7) is 7.28. The average Bonchev–Trinajstić information content (AvgIpc) is 2.57. The van der Waals surface area contributed by atoms with E-state index in [0.717, 1.165) is 37.7 Å². The molecule has 120 valence electrons. The number of nitrogens with zero attached hydrogens (tertiary/aromatic N) is 2. The van der Waals surface area contributed by atoms with Crippen LogP contribution in [-0.4, -0.2) is 37.4 Å². The lowest BCUT2D eigenvalue weighted by molar-refractivity contribution is -0.918. The molecule has 0 unspecified atom stereocenters. The van der Waals surface area contributed by atoms with Gasteiger partial charge in [0.15, 0.2) is 0 Å². The highest BCUT2D eigenvalue weighted by Gasteiger charge is 2.19. The van der Waals surface area contributed by atoms with Gasteiger partial charge in [-0.1, -0.05) is 54.1 Å². The summed E-state index contributed by atoms with van der Waals surface area (Å²) in [5, 5.41) is 7.69. The number of rotatable bonds is 4. The molecule has 1 saturated heterocycles. The van der Waals surface area contributed by atoms with E-state index in [2.05, 4.69) is 53.4 Å². The number of aryl methyl sites for hydroxylation is 1. The molecular weight excluding hydrogens is 306 g/mol. The molecule has 2 aromatic rings. The summed E-state index contributed by atoms with van der Waals surface area (Å²) in [7, 11) is 0. The summed E-state index contributed by atoms with van der Waals surface area (Å²) in [6.07, 6.45) is 1.98. The first kappa shape index (κ1) is 16.0. The monoisotopic (exact) mass is 328 g/mol. The fourth-order valence-corrected chi connectivity index (χ4v) is 3.09. The Hall–Kier alpha value is -1.84. The lowest BCUT2D eigenvalue weighted by atomic mass is 10.1. The van der Waals surface area contributed by atoms with Crippen molar-refractivity contribution in [2.24, 2.45) is 5.10 Å². The number of hydrazone groups is 1. The van der Waals surface area contributed by atoms with Crippen molar-refractivity contribution in [3.05, 3.63) is 70.2 Å². The van der Waals surface area contributed by atoms with Crippen LogP contribution in [-0.2, 0) is 6.54 Å². The topological polar surface area (TPSA) is 20.0 Å². The van der Waals surface area contributed by atoms with E-state index in [-0.39, 0.29) is 0 Å². The van der Waals surface area contributed by atoms with Crippen molar-refractivity contribution in [2.75, 3.05) is 26.2 Å². The predicted molar refractivity (Wildman–Crippen MR) is 96.2 cm³/mol. The summed E-state index contributed by atoms with van der Waals surface area (Å²) in [5.41, 5.74) is 3.69. The molecule has 1 aliphatic heterocycles. The predicted octanol–water partition coefficient (Wildman–Crippen LogP) is 2.38. The van der Waals surface area contributed by atoms with Crippen LogP contribution in [0.4, 0.5) is 0 Å². The zero-order valence-corrected chi connectivity index (χ0v) is 14.3. The van der Waals surface area contributed by atoms with Gasteiger partial charge in [0, 0.05) is 10.6 Å². The molecule has 0 bridgehead atoms. The third kappa shape index (κ3) is 4.34. The van der Waals surface area contributed by atoms with Crippen LogP contribution in [0.15, 0.2) is 53.6 Å². The maximum atomic E-state index is 6.26. The largest absolute Gasteiger partial charge is 0.328 e. The molecule has 0 spiro atoms. The molecule has 1 N–H and O–H groups in total. The van der Waals surface area contributed by atoms with Crippen LogP contribution in [0, 0.1) is 6.92 Å². The molecule has 0 radical (unpaired) electrons. The normalized spacial score (nSPS) is 16.2. The number of nitrogens with one attached hydrogen (secondary N) is 1. The molecular formula is C19H23ClN3+. The molecule has 3 nitrogen and oxygen atoms in total. The molecule has 4 heteroatoms. The van der Waals surface area contributed by atoms with Gasteiger partial charge < -0.3 is 4.90 Å². The van der Waals surface area contributed by atoms with E-state index in [9.17, 15) is 0 Å². The maximum absolute atomic E-state index is 6.26. The Balaban J connectivity index is 1.53. The molecule has 0 aromatic heterocycles. The lowest BCUT2D eigenvalue weighted by Crippen LogP contribution is -3.13. The number of quaternary nitrogens is 1. The zero-order valence-electron chi connectivity index (χ0n) is 13.5. The minimum absolute atomic E-state index is 0.875. The zero-order chi connectivity index (χ0) is 16.1. The second kappa shape index (κ2) is 7.62. The summed E-state index contributed by atoms with van der Waals surface area (Å²) < 4.78 is 0. The molecule has 1 aliphatic rings. The van der Waals surface area contributed by atoms with E-state index in [1.807, 2.05) is 18.3 Å². The maximum Gasteiger partial charge on any atom is 0.104 e. The van der Waals surface area contributed by atoms with Crippen molar-refractivity contribution in [2.45, 2.75) is 13.5 Å². The van der Waals surface area contributed by atoms with Gasteiger partial charge in [-0.15, -0.1) is 0 Å². The molecule has 23 heavy (non-hydrogen) atoms. The Kier molecular flexibility index (Phi) is 5.31. The number of piperazine rings is 1. The van der Waals surface area contributed by atoms with Crippen LogP contribution in [0.25, 0.3) is 0 Å². The van der Waals surface area contributed by atoms with Crippen molar-refractivity contribution < 1.29 is 4.90 Å². The fraction of sp³-hybridized carbons (Fsp3) is 0.316. The minimum atomic E-state index is 0.875. The van der Waals surface area contributed by atoms with Crippen LogP contribution in [0.3, 0.4) is 0 Å². The molecule has 0 amide bonds. The number of hydrogen-bond acceptors (Lipinski definition) is 2. The summed E-state index contributed by atoms with van der Waals surface area (Å²) in [5.74, 6) is 0. The van der Waals surface area contributed by atoms with Crippen molar-refractivity contribution in [3.8, 4) is 0 Å². The Morgan fingerprint density at radius 1 is 1.09 bits per heavy atom. The summed E-state index contributed by atoms with van der Waals surface area (Å²) in [4.78, 5) is 1.57. The second-order valence-corrected chi connectivity index (χ2v) is 6.48. The summed E-state index contributed by atoms with van der Waals surface area (Å²) >= 11 is 6.26. The van der Waals surface area contributed by atoms with E-state index in [4.69, 9.17) is 11.6 Å². The van der Waals surface area contributed by atoms with Gasteiger partial charge in [-0.05, 0) is 24.1 Å². The first-order valence-electron chi connectivity index (χ1n) is 8.14. The lowest BCUT2D eigenvalue weighted by Gasteiger charge is -2.30. The SMILES string of the molecule is Cc1ccccc1/C=N\N1CC[NH+](Cc2ccccc2Cl)CC1. The molecule has 3 rings (SSSR count). The summed E-state index contributed by atoms with van der Waals surface area (Å²) in [6, 6.07) is 16.5. The highest BCUT2D eigenvalue weighted by Crippen LogP contribution is 2.13. The van der Waals surface area contributed by atoms with Crippen molar-refractivity contribution >= 4 is 17.8 Å². The number of benzene rings is 2. The molecule has 1 fully saturated rings. The van der Waals surface area contributed by atoms with Crippen LogP contribution < -0.4 is 4.90 Å². The van der Waals surface area contributed by atoms with Crippen molar-refractivity contribution in [1.29, 1.82) is 0 Å². The van der Waals surface area contributed by atoms with E-state index in [1.54, 1.807) is 4.90 Å². The van der Waals surface area contributed by atoms with E-state index < -0.39 is 0 Å². The van der Waals surface area contributed by atoms with Gasteiger partial charge in [0.2, 0.25) is 0 Å². The van der Waals surface area contributed by atoms with Gasteiger partial charge >= 0.3 is 0 Å². The van der Waals surface area contributed by atoms with Crippen LogP contribution in [0.1, 0.15) is 16.7 Å². The average molecular weight is 329 g/mol. The Morgan fingerprint density at radius 3 is 2.52 bits per heavy atom. The van der Waals surface area contributed by atoms with E-state index >= 15 is 0 Å². The Morgan fingerprint density at radius 2 is 1.78 bits per heavy atom. The highest BCUT2D eigenvalue weighted by molar-refractivity contribution is 6.31. The number of hydrogen-bond donors (Lipinski definition) is 1. The van der Waals surface area contributed by atoms with E-state index in [0.29, 0.717) is 0 Å². The van der Waals surface area contributed by atoms with Gasteiger partial charge in [-0.25, -0.2) is 0 Å². The Bertz CT molecular complexity index is 676. The standard InChI is InChI=1S/C19H22ClN3/c1-16-6-2-3-7-17(16)14-21-23-12-10-22(11-13-23)15-18-8-4-5-9-19(18)20/h2-9,14H,10-13,15H2,1H3/p+1/b21-14-. The first-order valence-corrected chi connectivity index (χ1v) is 8.52. The van der Waals surface area contributed by atoms with Crippen LogP contribution in [0.5, 0.6) is 0 Å². The molecule has 1 heterocycles. The molecule has 2 aromatic carbocycles. The molecule has 0 atom stereocenters. The highest BCUT2D eigenvalue weighted by atomic mass is 35.5. The van der Waals surface area contributed by atoms with Gasteiger partial charge in [0.05, 0.1) is 32.4 Å². The van der Waals surface area contributed by atoms with Gasteiger partial charge in [-0.2, -0.15) is 5.10 Å². The smallest absolute Gasteiger partial charge is 0.104 e. The van der Waals surface area contributed by atoms with E-state index in [1.165, 1.54) is 16.7 Å². The van der Waals surface area contributed by atoms with Crippen molar-refractivity contribution in [1.82, 2.24) is 5.01 Å². The van der Waals surface area contributed by atoms with Crippen LogP contribution in [0.2, 0.25) is 5.02 Å². The van der Waals surface area contributed by atoms with Gasteiger partial charge in [-0.3, -0.25) is 5.01 Å². The van der Waals surface area contributed by atoms with Crippen molar-refractivity contribution in [3.63, 3.8) is 0 Å². The Labute approximate surface area is 143 Å². The molecule has 0 saturated carbocycles. The quantitative estimate of drug-likeness (QED) is 0.854. The second-order valence-electron chi connectivity index (χ2n) is 6.07. The van der Waals surface area contributed by atoms with Gasteiger partial charge in [0.1, 0.15) is 6.54 Å². The third-order valence-corrected chi connectivity index (χ3v) is 4.76. The minimum Gasteiger partial charge on any atom is -0.328 e. The fourth-order valence-electron chi connectivity index (χ4n) is 2.89.